The number of morpholine rings is 1. The van der Waals surface area contributed by atoms with Gasteiger partial charge in [0.15, 0.2) is 0 Å². The number of hydrogen-bond acceptors (Lipinski definition) is 2. The van der Waals surface area contributed by atoms with Crippen LogP contribution in [0.4, 0.5) is 0 Å². The van der Waals surface area contributed by atoms with Crippen molar-refractivity contribution < 1.29 is 4.74 Å². The van der Waals surface area contributed by atoms with E-state index >= 15 is 0 Å². The third kappa shape index (κ3) is 3.60. The van der Waals surface area contributed by atoms with Crippen LogP contribution in [0.5, 0.6) is 0 Å². The van der Waals surface area contributed by atoms with Crippen LogP contribution in [-0.2, 0) is 4.74 Å². The van der Waals surface area contributed by atoms with E-state index in [4.69, 9.17) is 4.74 Å². The van der Waals surface area contributed by atoms with Gasteiger partial charge in [0.05, 0.1) is 13.2 Å². The zero-order valence-electron chi connectivity index (χ0n) is 10.5. The van der Waals surface area contributed by atoms with Gasteiger partial charge in [-0.3, -0.25) is 4.90 Å². The largest absolute Gasteiger partial charge is 0.379 e. The number of allylic oxidation sites excluding steroid dienone is 1. The van der Waals surface area contributed by atoms with E-state index in [2.05, 4.69) is 24.0 Å². The number of hydrogen-bond donors (Lipinski definition) is 0. The van der Waals surface area contributed by atoms with Crippen molar-refractivity contribution in [3.05, 3.63) is 12.2 Å². The quantitative estimate of drug-likeness (QED) is 0.682. The summed E-state index contributed by atoms with van der Waals surface area (Å²) in [6, 6.07) is 0.589. The molecular formula is C14H25NO. The molecule has 16 heavy (non-hydrogen) atoms. The summed E-state index contributed by atoms with van der Waals surface area (Å²) >= 11 is 0. The molecular weight excluding hydrogens is 198 g/mol. The van der Waals surface area contributed by atoms with Gasteiger partial charge in [-0.2, -0.15) is 0 Å². The Labute approximate surface area is 99.7 Å². The molecule has 0 aromatic rings. The van der Waals surface area contributed by atoms with Crippen molar-refractivity contribution >= 4 is 0 Å². The highest BCUT2D eigenvalue weighted by Crippen LogP contribution is 2.24. The topological polar surface area (TPSA) is 12.5 Å². The standard InChI is InChI=1S/C14H25NO/c1-13(15-9-11-16-12-10-15)7-8-14-5-3-2-4-6-14/h7-8,13-14H,2-6,9-12H2,1H3. The molecule has 1 saturated carbocycles. The van der Waals surface area contributed by atoms with Gasteiger partial charge >= 0.3 is 0 Å². The van der Waals surface area contributed by atoms with Crippen molar-refractivity contribution in [2.45, 2.75) is 45.1 Å². The van der Waals surface area contributed by atoms with Gasteiger partial charge in [0.1, 0.15) is 0 Å². The number of nitrogens with zero attached hydrogens (tertiary/aromatic N) is 1. The molecule has 2 rings (SSSR count). The average Bonchev–Trinajstić information content (AvgIpc) is 2.38. The average molecular weight is 223 g/mol. The Morgan fingerprint density at radius 2 is 1.81 bits per heavy atom. The first-order valence-electron chi connectivity index (χ1n) is 6.86. The van der Waals surface area contributed by atoms with Gasteiger partial charge in [-0.25, -0.2) is 0 Å². The molecule has 1 atom stereocenters. The fourth-order valence-electron chi connectivity index (χ4n) is 2.75. The van der Waals surface area contributed by atoms with Gasteiger partial charge in [0.2, 0.25) is 0 Å². The molecule has 0 aromatic carbocycles. The highest BCUT2D eigenvalue weighted by atomic mass is 16.5. The predicted molar refractivity (Wildman–Crippen MR) is 67.6 cm³/mol. The SMILES string of the molecule is CC(C=CC1CCCCC1)N1CCOCC1. The molecule has 1 aliphatic heterocycles. The van der Waals surface area contributed by atoms with Crippen molar-refractivity contribution in [2.75, 3.05) is 26.3 Å². The Kier molecular flexibility index (Phi) is 4.86. The molecule has 0 spiro atoms. The minimum absolute atomic E-state index is 0.589. The normalized spacial score (nSPS) is 27.3. The van der Waals surface area contributed by atoms with Crippen LogP contribution in [0.3, 0.4) is 0 Å². The summed E-state index contributed by atoms with van der Waals surface area (Å²) < 4.78 is 5.38. The van der Waals surface area contributed by atoms with Crippen LogP contribution in [0, 0.1) is 5.92 Å². The lowest BCUT2D eigenvalue weighted by atomic mass is 9.89. The zero-order chi connectivity index (χ0) is 11.2. The maximum Gasteiger partial charge on any atom is 0.0594 e. The monoisotopic (exact) mass is 223 g/mol. The second kappa shape index (κ2) is 6.41. The first-order valence-corrected chi connectivity index (χ1v) is 6.86. The molecule has 1 saturated heterocycles. The van der Waals surface area contributed by atoms with Crippen LogP contribution in [-0.4, -0.2) is 37.2 Å². The van der Waals surface area contributed by atoms with E-state index in [0.29, 0.717) is 6.04 Å². The van der Waals surface area contributed by atoms with Crippen LogP contribution in [0.25, 0.3) is 0 Å². The lowest BCUT2D eigenvalue weighted by Gasteiger charge is -2.31. The van der Waals surface area contributed by atoms with Crippen molar-refractivity contribution in [1.29, 1.82) is 0 Å². The maximum atomic E-state index is 5.38. The minimum Gasteiger partial charge on any atom is -0.379 e. The molecule has 0 radical (unpaired) electrons. The Hall–Kier alpha value is -0.340. The molecule has 2 heteroatoms. The fraction of sp³-hybridized carbons (Fsp3) is 0.857. The molecule has 1 aliphatic carbocycles. The summed E-state index contributed by atoms with van der Waals surface area (Å²) in [5, 5.41) is 0. The van der Waals surface area contributed by atoms with E-state index < -0.39 is 0 Å². The molecule has 2 nitrogen and oxygen atoms in total. The third-order valence-corrected chi connectivity index (χ3v) is 3.93. The Bertz CT molecular complexity index is 215. The van der Waals surface area contributed by atoms with Gasteiger partial charge in [-0.1, -0.05) is 31.4 Å². The van der Waals surface area contributed by atoms with Gasteiger partial charge in [-0.15, -0.1) is 0 Å². The first kappa shape index (κ1) is 12.1. The van der Waals surface area contributed by atoms with E-state index in [0.717, 1.165) is 32.2 Å². The van der Waals surface area contributed by atoms with Crippen LogP contribution >= 0.6 is 0 Å². The summed E-state index contributed by atoms with van der Waals surface area (Å²) in [4.78, 5) is 2.52. The van der Waals surface area contributed by atoms with E-state index in [1.807, 2.05) is 0 Å². The predicted octanol–water partition coefficient (Wildman–Crippen LogP) is 2.84. The summed E-state index contributed by atoms with van der Waals surface area (Å²) in [6.45, 7) is 6.31. The van der Waals surface area contributed by atoms with E-state index in [1.54, 1.807) is 0 Å². The molecule has 2 fully saturated rings. The Balaban J connectivity index is 1.75. The fourth-order valence-corrected chi connectivity index (χ4v) is 2.75. The van der Waals surface area contributed by atoms with E-state index in [1.165, 1.54) is 32.1 Å². The highest BCUT2D eigenvalue weighted by Gasteiger charge is 2.15. The highest BCUT2D eigenvalue weighted by molar-refractivity contribution is 4.96. The summed E-state index contributed by atoms with van der Waals surface area (Å²) in [7, 11) is 0. The second-order valence-electron chi connectivity index (χ2n) is 5.17. The van der Waals surface area contributed by atoms with Gasteiger partial charge in [0.25, 0.3) is 0 Å². The lowest BCUT2D eigenvalue weighted by molar-refractivity contribution is 0.0286. The second-order valence-corrected chi connectivity index (χ2v) is 5.17. The maximum absolute atomic E-state index is 5.38. The first-order chi connectivity index (χ1) is 7.86. The summed E-state index contributed by atoms with van der Waals surface area (Å²) in [6.07, 6.45) is 12.0. The number of rotatable bonds is 3. The molecule has 1 unspecified atom stereocenters. The van der Waals surface area contributed by atoms with Crippen LogP contribution < -0.4 is 0 Å². The van der Waals surface area contributed by atoms with Crippen molar-refractivity contribution in [3.63, 3.8) is 0 Å². The van der Waals surface area contributed by atoms with Gasteiger partial charge in [-0.05, 0) is 25.7 Å². The molecule has 92 valence electrons. The molecule has 0 aromatic heterocycles. The Morgan fingerprint density at radius 3 is 2.50 bits per heavy atom. The van der Waals surface area contributed by atoms with Gasteiger partial charge < -0.3 is 4.74 Å². The Morgan fingerprint density at radius 1 is 1.12 bits per heavy atom. The smallest absolute Gasteiger partial charge is 0.0594 e. The molecule has 2 aliphatic rings. The van der Waals surface area contributed by atoms with E-state index in [9.17, 15) is 0 Å². The molecule has 0 bridgehead atoms. The summed E-state index contributed by atoms with van der Waals surface area (Å²) in [5.41, 5.74) is 0. The van der Waals surface area contributed by atoms with Crippen LogP contribution in [0.15, 0.2) is 12.2 Å². The third-order valence-electron chi connectivity index (χ3n) is 3.93. The molecule has 0 amide bonds. The minimum atomic E-state index is 0.589. The van der Waals surface area contributed by atoms with Crippen molar-refractivity contribution in [3.8, 4) is 0 Å². The van der Waals surface area contributed by atoms with E-state index in [-0.39, 0.29) is 0 Å². The van der Waals surface area contributed by atoms with Crippen LogP contribution in [0.1, 0.15) is 39.0 Å². The van der Waals surface area contributed by atoms with Gasteiger partial charge in [0, 0.05) is 19.1 Å². The van der Waals surface area contributed by atoms with Crippen molar-refractivity contribution in [2.24, 2.45) is 5.92 Å². The summed E-state index contributed by atoms with van der Waals surface area (Å²) in [5.74, 6) is 0.859. The molecule has 1 heterocycles. The zero-order valence-corrected chi connectivity index (χ0v) is 10.5. The van der Waals surface area contributed by atoms with Crippen molar-refractivity contribution in [1.82, 2.24) is 4.90 Å². The molecule has 0 N–H and O–H groups in total. The van der Waals surface area contributed by atoms with Crippen LogP contribution in [0.2, 0.25) is 0 Å². The number of ether oxygens (including phenoxy) is 1. The lowest BCUT2D eigenvalue weighted by Crippen LogP contribution is -2.41.